The highest BCUT2D eigenvalue weighted by Crippen LogP contribution is 2.30. The first kappa shape index (κ1) is 10.3. The van der Waals surface area contributed by atoms with Crippen LogP contribution in [0, 0.1) is 6.92 Å². The molecule has 72 valence electrons. The molecule has 1 aromatic heterocycles. The van der Waals surface area contributed by atoms with Gasteiger partial charge in [0.2, 0.25) is 0 Å². The minimum absolute atomic E-state index is 0.107. The second-order valence-corrected chi connectivity index (χ2v) is 2.95. The number of pyridine rings is 1. The van der Waals surface area contributed by atoms with E-state index in [1.807, 2.05) is 0 Å². The predicted molar refractivity (Wildman–Crippen MR) is 44.9 cm³/mol. The van der Waals surface area contributed by atoms with Crippen LogP contribution in [-0.2, 0) is 6.61 Å². The molecule has 0 aliphatic carbocycles. The quantitative estimate of drug-likeness (QED) is 0.808. The molecule has 1 rings (SSSR count). The largest absolute Gasteiger partial charge is 0.392 e. The molecule has 1 heterocycles. The lowest BCUT2D eigenvalue weighted by atomic mass is 10.1. The monoisotopic (exact) mass is 207 g/mol. The van der Waals surface area contributed by atoms with Crippen molar-refractivity contribution in [3.63, 3.8) is 0 Å². The maximum absolute atomic E-state index is 12.4. The number of aliphatic hydroxyl groups excluding tert-OH is 1. The third-order valence-electron chi connectivity index (χ3n) is 1.77. The molecule has 0 aliphatic heterocycles. The van der Waals surface area contributed by atoms with Crippen molar-refractivity contribution in [2.75, 3.05) is 0 Å². The average molecular weight is 208 g/mol. The summed E-state index contributed by atoms with van der Waals surface area (Å²) >= 11 is 5.52. The fraction of sp³-hybridized carbons (Fsp3) is 0.375. The van der Waals surface area contributed by atoms with E-state index in [-0.39, 0.29) is 16.1 Å². The van der Waals surface area contributed by atoms with E-state index in [2.05, 4.69) is 4.98 Å². The van der Waals surface area contributed by atoms with Crippen LogP contribution in [0.1, 0.15) is 23.2 Å². The number of halogens is 3. The van der Waals surface area contributed by atoms with Gasteiger partial charge in [-0.05, 0) is 6.92 Å². The SMILES string of the molecule is Cc1ncc(Cl)c(C(F)F)c1CO. The summed E-state index contributed by atoms with van der Waals surface area (Å²) in [7, 11) is 0. The molecule has 0 bridgehead atoms. The Labute approximate surface area is 79.2 Å². The van der Waals surface area contributed by atoms with Crippen LogP contribution in [0.2, 0.25) is 5.02 Å². The molecule has 5 heteroatoms. The van der Waals surface area contributed by atoms with Gasteiger partial charge in [0.15, 0.2) is 0 Å². The molecule has 0 aliphatic rings. The molecule has 0 fully saturated rings. The van der Waals surface area contributed by atoms with Crippen molar-refractivity contribution < 1.29 is 13.9 Å². The molecule has 0 saturated heterocycles. The molecule has 0 unspecified atom stereocenters. The number of hydrogen-bond donors (Lipinski definition) is 1. The first-order valence-corrected chi connectivity index (χ1v) is 3.98. The van der Waals surface area contributed by atoms with Crippen LogP contribution in [0.5, 0.6) is 0 Å². The van der Waals surface area contributed by atoms with Gasteiger partial charge < -0.3 is 5.11 Å². The molecule has 0 amide bonds. The van der Waals surface area contributed by atoms with E-state index in [4.69, 9.17) is 16.7 Å². The minimum Gasteiger partial charge on any atom is -0.392 e. The zero-order chi connectivity index (χ0) is 10.0. The Morgan fingerprint density at radius 1 is 1.62 bits per heavy atom. The van der Waals surface area contributed by atoms with Crippen LogP contribution in [0.25, 0.3) is 0 Å². The van der Waals surface area contributed by atoms with E-state index < -0.39 is 13.0 Å². The number of aliphatic hydroxyl groups is 1. The van der Waals surface area contributed by atoms with Gasteiger partial charge >= 0.3 is 0 Å². The standard InChI is InChI=1S/C8H8ClF2NO/c1-4-5(3-13)7(8(10)11)6(9)2-12-4/h2,8,13H,3H2,1H3. The first-order valence-electron chi connectivity index (χ1n) is 3.60. The fourth-order valence-electron chi connectivity index (χ4n) is 1.08. The van der Waals surface area contributed by atoms with Gasteiger partial charge in [0.25, 0.3) is 6.43 Å². The van der Waals surface area contributed by atoms with Crippen molar-refractivity contribution in [1.29, 1.82) is 0 Å². The number of hydrogen-bond acceptors (Lipinski definition) is 2. The summed E-state index contributed by atoms with van der Waals surface area (Å²) in [5.74, 6) is 0. The zero-order valence-electron chi connectivity index (χ0n) is 6.89. The van der Waals surface area contributed by atoms with Crippen molar-refractivity contribution in [2.24, 2.45) is 0 Å². The topological polar surface area (TPSA) is 33.1 Å². The van der Waals surface area contributed by atoms with Gasteiger partial charge in [-0.3, -0.25) is 4.98 Å². The maximum Gasteiger partial charge on any atom is 0.265 e. The Balaban J connectivity index is 3.35. The van der Waals surface area contributed by atoms with Crippen LogP contribution in [0.15, 0.2) is 6.20 Å². The molecule has 13 heavy (non-hydrogen) atoms. The van der Waals surface area contributed by atoms with E-state index in [1.54, 1.807) is 6.92 Å². The van der Waals surface area contributed by atoms with Gasteiger partial charge in [-0.25, -0.2) is 8.78 Å². The van der Waals surface area contributed by atoms with Gasteiger partial charge in [-0.15, -0.1) is 0 Å². The van der Waals surface area contributed by atoms with Gasteiger partial charge in [0, 0.05) is 23.0 Å². The summed E-state index contributed by atoms with van der Waals surface area (Å²) < 4.78 is 24.9. The van der Waals surface area contributed by atoms with Crippen LogP contribution >= 0.6 is 11.6 Å². The second-order valence-electron chi connectivity index (χ2n) is 2.54. The Bertz CT molecular complexity index is 317. The number of nitrogens with zero attached hydrogens (tertiary/aromatic N) is 1. The Kier molecular flexibility index (Phi) is 3.17. The predicted octanol–water partition coefficient (Wildman–Crippen LogP) is 2.47. The Morgan fingerprint density at radius 2 is 2.23 bits per heavy atom. The van der Waals surface area contributed by atoms with Gasteiger partial charge in [-0.2, -0.15) is 0 Å². The molecular weight excluding hydrogens is 200 g/mol. The van der Waals surface area contributed by atoms with Crippen molar-refractivity contribution in [3.05, 3.63) is 28.0 Å². The zero-order valence-corrected chi connectivity index (χ0v) is 7.65. The lowest BCUT2D eigenvalue weighted by molar-refractivity contribution is 0.147. The summed E-state index contributed by atoms with van der Waals surface area (Å²) in [6, 6.07) is 0. The normalized spacial score (nSPS) is 10.9. The molecule has 1 aromatic rings. The highest BCUT2D eigenvalue weighted by molar-refractivity contribution is 6.31. The van der Waals surface area contributed by atoms with E-state index in [0.29, 0.717) is 5.69 Å². The molecule has 0 radical (unpaired) electrons. The minimum atomic E-state index is -2.68. The van der Waals surface area contributed by atoms with Crippen molar-refractivity contribution in [3.8, 4) is 0 Å². The van der Waals surface area contributed by atoms with E-state index in [9.17, 15) is 8.78 Å². The summed E-state index contributed by atoms with van der Waals surface area (Å²) in [4.78, 5) is 3.77. The molecular formula is C8H8ClF2NO. The number of aromatic nitrogens is 1. The van der Waals surface area contributed by atoms with Crippen LogP contribution in [0.4, 0.5) is 8.78 Å². The molecule has 0 saturated carbocycles. The van der Waals surface area contributed by atoms with Gasteiger partial charge in [-0.1, -0.05) is 11.6 Å². The van der Waals surface area contributed by atoms with Gasteiger partial charge in [0.1, 0.15) is 0 Å². The summed E-state index contributed by atoms with van der Waals surface area (Å²) in [6.45, 7) is 1.08. The third-order valence-corrected chi connectivity index (χ3v) is 2.07. The van der Waals surface area contributed by atoms with Crippen molar-refractivity contribution in [2.45, 2.75) is 20.0 Å². The maximum atomic E-state index is 12.4. The van der Waals surface area contributed by atoms with Crippen LogP contribution in [-0.4, -0.2) is 10.1 Å². The summed E-state index contributed by atoms with van der Waals surface area (Å²) in [6.07, 6.45) is -1.52. The van der Waals surface area contributed by atoms with Crippen molar-refractivity contribution >= 4 is 11.6 Å². The average Bonchev–Trinajstić information content (AvgIpc) is 2.07. The molecule has 0 aromatic carbocycles. The molecule has 1 N–H and O–H groups in total. The first-order chi connectivity index (χ1) is 6.07. The van der Waals surface area contributed by atoms with Crippen molar-refractivity contribution in [1.82, 2.24) is 4.98 Å². The Morgan fingerprint density at radius 3 is 2.62 bits per heavy atom. The summed E-state index contributed by atoms with van der Waals surface area (Å²) in [5, 5.41) is 8.73. The lowest BCUT2D eigenvalue weighted by Gasteiger charge is -2.10. The smallest absolute Gasteiger partial charge is 0.265 e. The Hall–Kier alpha value is -0.740. The summed E-state index contributed by atoms with van der Waals surface area (Å²) in [5.41, 5.74) is 0.168. The van der Waals surface area contributed by atoms with Gasteiger partial charge in [0.05, 0.1) is 11.6 Å². The second kappa shape index (κ2) is 3.98. The van der Waals surface area contributed by atoms with E-state index >= 15 is 0 Å². The number of alkyl halides is 2. The van der Waals surface area contributed by atoms with Crippen LogP contribution < -0.4 is 0 Å². The fourth-order valence-corrected chi connectivity index (χ4v) is 1.32. The third kappa shape index (κ3) is 1.95. The van der Waals surface area contributed by atoms with E-state index in [1.165, 1.54) is 0 Å². The number of rotatable bonds is 2. The molecule has 2 nitrogen and oxygen atoms in total. The molecule has 0 atom stereocenters. The van der Waals surface area contributed by atoms with E-state index in [0.717, 1.165) is 6.20 Å². The highest BCUT2D eigenvalue weighted by Gasteiger charge is 2.18. The molecule has 0 spiro atoms. The highest BCUT2D eigenvalue weighted by atomic mass is 35.5. The lowest BCUT2D eigenvalue weighted by Crippen LogP contribution is -2.01. The number of aryl methyl sites for hydroxylation is 1. The van der Waals surface area contributed by atoms with Crippen LogP contribution in [0.3, 0.4) is 0 Å².